The number of benzene rings is 4. The number of Topliss-reactive ketones (excluding diaryl/α,β-unsaturated/α-hetero) is 1. The number of nitrogens with one attached hydrogen (secondary N) is 2. The van der Waals surface area contributed by atoms with E-state index in [4.69, 9.17) is 27.6 Å². The monoisotopic (exact) mass is 783 g/mol. The van der Waals surface area contributed by atoms with Gasteiger partial charge < -0.3 is 25.1 Å². The maximum atomic E-state index is 14.4. The van der Waals surface area contributed by atoms with Crippen LogP contribution in [0.4, 0.5) is 11.4 Å². The molecule has 15 heteroatoms. The summed E-state index contributed by atoms with van der Waals surface area (Å²) < 4.78 is 5.53. The first-order chi connectivity index (χ1) is 26.5. The Kier molecular flexibility index (Phi) is 12.2. The molecule has 0 unspecified atom stereocenters. The fraction of sp³-hybridized carbons (Fsp3) is 0.225. The van der Waals surface area contributed by atoms with Gasteiger partial charge in [0.25, 0.3) is 11.8 Å². The maximum absolute atomic E-state index is 14.4. The van der Waals surface area contributed by atoms with Crippen molar-refractivity contribution in [3.8, 4) is 0 Å². The molecular formula is C40H35Cl2N5O8. The summed E-state index contributed by atoms with van der Waals surface area (Å²) in [5.41, 5.74) is 2.57. The lowest BCUT2D eigenvalue weighted by Crippen LogP contribution is -2.55. The summed E-state index contributed by atoms with van der Waals surface area (Å²) in [6.45, 7) is -0.917. The second kappa shape index (κ2) is 17.4. The number of carbonyl (C=O) groups is 6. The van der Waals surface area contributed by atoms with Gasteiger partial charge in [0.2, 0.25) is 23.5 Å². The Bertz CT molecular complexity index is 2250. The molecule has 0 fully saturated rings. The van der Waals surface area contributed by atoms with Gasteiger partial charge in [0.05, 0.1) is 29.4 Å². The average Bonchev–Trinajstić information content (AvgIpc) is 3.57. The van der Waals surface area contributed by atoms with Gasteiger partial charge in [0.15, 0.2) is 5.58 Å². The molecule has 1 aromatic heterocycles. The van der Waals surface area contributed by atoms with Gasteiger partial charge in [-0.3, -0.25) is 33.7 Å². The number of aliphatic carboxylic acids is 1. The van der Waals surface area contributed by atoms with Crippen molar-refractivity contribution in [2.45, 2.75) is 44.2 Å². The molecule has 2 atom stereocenters. The van der Waals surface area contributed by atoms with Crippen LogP contribution in [0.25, 0.3) is 11.1 Å². The van der Waals surface area contributed by atoms with Gasteiger partial charge >= 0.3 is 5.97 Å². The van der Waals surface area contributed by atoms with E-state index >= 15 is 0 Å². The summed E-state index contributed by atoms with van der Waals surface area (Å²) in [7, 11) is 0. The van der Waals surface area contributed by atoms with Crippen LogP contribution >= 0.6 is 23.2 Å². The van der Waals surface area contributed by atoms with E-state index < -0.39 is 60.4 Å². The zero-order chi connectivity index (χ0) is 39.1. The molecule has 2 heterocycles. The Hall–Kier alpha value is -6.05. The third-order valence-electron chi connectivity index (χ3n) is 8.94. The Morgan fingerprint density at radius 2 is 1.45 bits per heavy atom. The number of para-hydroxylation sites is 2. The molecule has 1 aliphatic rings. The number of hydrogen-bond donors (Lipinski definition) is 3. The Morgan fingerprint density at radius 1 is 0.836 bits per heavy atom. The van der Waals surface area contributed by atoms with E-state index in [-0.39, 0.29) is 52.1 Å². The maximum Gasteiger partial charge on any atom is 0.305 e. The second-order valence-electron chi connectivity index (χ2n) is 12.8. The molecule has 282 valence electrons. The van der Waals surface area contributed by atoms with Crippen molar-refractivity contribution in [3.63, 3.8) is 0 Å². The summed E-state index contributed by atoms with van der Waals surface area (Å²) in [6, 6.07) is 25.1. The van der Waals surface area contributed by atoms with Gasteiger partial charge in [-0.15, -0.1) is 0 Å². The normalized spacial score (nSPS) is 14.5. The number of carboxylic acid groups (broad SMARTS) is 1. The van der Waals surface area contributed by atoms with Crippen LogP contribution in [-0.4, -0.2) is 70.6 Å². The minimum atomic E-state index is -1.66. The number of aromatic nitrogens is 1. The molecule has 13 nitrogen and oxygen atoms in total. The highest BCUT2D eigenvalue weighted by molar-refractivity contribution is 6.38. The van der Waals surface area contributed by atoms with Gasteiger partial charge in [-0.1, -0.05) is 96.0 Å². The first-order valence-corrected chi connectivity index (χ1v) is 18.1. The van der Waals surface area contributed by atoms with Crippen molar-refractivity contribution in [2.75, 3.05) is 22.9 Å². The predicted molar refractivity (Wildman–Crippen MR) is 205 cm³/mol. The van der Waals surface area contributed by atoms with Crippen molar-refractivity contribution in [1.29, 1.82) is 0 Å². The molecule has 3 N–H and O–H groups in total. The zero-order valence-electron chi connectivity index (χ0n) is 29.2. The molecule has 5 aromatic rings. The summed E-state index contributed by atoms with van der Waals surface area (Å²) >= 11 is 12.2. The number of aryl methyl sites for hydroxylation is 2. The SMILES string of the molecule is O=C(O)C[C@H](NC(=O)CN1C(=O)[C@@H](NC(=O)CCc2ccccc2)CN(C(=O)CCc2ccccc2)c2ccccc21)C(=O)c1nc2cc(Cl)cc(Cl)c2o1. The fourth-order valence-corrected chi connectivity index (χ4v) is 6.80. The van der Waals surface area contributed by atoms with E-state index in [0.29, 0.717) is 18.5 Å². The van der Waals surface area contributed by atoms with Gasteiger partial charge in [0, 0.05) is 17.9 Å². The molecule has 0 aliphatic carbocycles. The molecule has 4 aromatic carbocycles. The molecule has 55 heavy (non-hydrogen) atoms. The van der Waals surface area contributed by atoms with Crippen LogP contribution in [0, 0.1) is 0 Å². The second-order valence-corrected chi connectivity index (χ2v) is 13.7. The number of rotatable bonds is 14. The highest BCUT2D eigenvalue weighted by Gasteiger charge is 2.38. The fourth-order valence-electron chi connectivity index (χ4n) is 6.27. The first-order valence-electron chi connectivity index (χ1n) is 17.4. The van der Waals surface area contributed by atoms with E-state index in [1.807, 2.05) is 60.7 Å². The molecule has 0 saturated carbocycles. The molecule has 0 radical (unpaired) electrons. The molecule has 0 saturated heterocycles. The summed E-state index contributed by atoms with van der Waals surface area (Å²) in [6.07, 6.45) is 0.123. The summed E-state index contributed by atoms with van der Waals surface area (Å²) in [4.78, 5) is 87.3. The van der Waals surface area contributed by atoms with E-state index in [0.717, 1.165) is 16.0 Å². The lowest BCUT2D eigenvalue weighted by atomic mass is 10.1. The number of carbonyl (C=O) groups excluding carboxylic acids is 5. The Morgan fingerprint density at radius 3 is 2.11 bits per heavy atom. The quantitative estimate of drug-likeness (QED) is 0.124. The summed E-state index contributed by atoms with van der Waals surface area (Å²) in [5, 5.41) is 15.1. The number of halogens is 2. The van der Waals surface area contributed by atoms with Crippen molar-refractivity contribution >= 4 is 81.1 Å². The predicted octanol–water partition coefficient (Wildman–Crippen LogP) is 5.41. The Balaban J connectivity index is 1.27. The topological polar surface area (TPSA) is 179 Å². The van der Waals surface area contributed by atoms with E-state index in [1.165, 1.54) is 17.0 Å². The lowest BCUT2D eigenvalue weighted by molar-refractivity contribution is -0.137. The van der Waals surface area contributed by atoms with Crippen molar-refractivity contribution in [2.24, 2.45) is 0 Å². The van der Waals surface area contributed by atoms with Crippen LogP contribution in [0.15, 0.2) is 101 Å². The number of oxazole rings is 1. The van der Waals surface area contributed by atoms with Gasteiger partial charge in [-0.05, 0) is 48.2 Å². The van der Waals surface area contributed by atoms with E-state index in [9.17, 15) is 33.9 Å². The van der Waals surface area contributed by atoms with E-state index in [2.05, 4.69) is 15.6 Å². The van der Waals surface area contributed by atoms with E-state index in [1.54, 1.807) is 24.3 Å². The van der Waals surface area contributed by atoms with Crippen molar-refractivity contribution in [3.05, 3.63) is 124 Å². The minimum absolute atomic E-state index is 0.0429. The first kappa shape index (κ1) is 38.7. The van der Waals surface area contributed by atoms with Crippen molar-refractivity contribution < 1.29 is 38.3 Å². The van der Waals surface area contributed by atoms with Crippen LogP contribution in [-0.2, 0) is 36.8 Å². The molecule has 0 bridgehead atoms. The molecule has 6 rings (SSSR count). The molecule has 1 aliphatic heterocycles. The standard InChI is InChI=1S/C40H35Cl2N5O8/c41-26-19-27(42)38-29(20-26)45-39(55-38)37(53)28(21-36(51)52)43-34(49)23-47-32-14-8-7-13-31(32)46(35(50)18-16-25-11-5-2-6-12-25)22-30(40(47)54)44-33(48)17-15-24-9-3-1-4-10-24/h1-14,19-20,28,30H,15-18,21-23H2,(H,43,49)(H,44,48)(H,51,52)/t28-,30-/m0/s1. The number of hydrogen-bond acceptors (Lipinski definition) is 8. The van der Waals surface area contributed by atoms with Crippen LogP contribution in [0.1, 0.15) is 41.1 Å². The third-order valence-corrected chi connectivity index (χ3v) is 9.43. The van der Waals surface area contributed by atoms with Crippen LogP contribution in [0.5, 0.6) is 0 Å². The minimum Gasteiger partial charge on any atom is -0.481 e. The molecule has 4 amide bonds. The molecular weight excluding hydrogens is 749 g/mol. The van der Waals surface area contributed by atoms with Gasteiger partial charge in [-0.25, -0.2) is 4.98 Å². The summed E-state index contributed by atoms with van der Waals surface area (Å²) in [5.74, 6) is -5.23. The third kappa shape index (κ3) is 9.55. The number of fused-ring (bicyclic) bond motifs is 2. The number of carboxylic acids is 1. The average molecular weight is 785 g/mol. The lowest BCUT2D eigenvalue weighted by Gasteiger charge is -2.26. The Labute approximate surface area is 325 Å². The van der Waals surface area contributed by atoms with Crippen LogP contribution in [0.3, 0.4) is 0 Å². The zero-order valence-corrected chi connectivity index (χ0v) is 30.8. The van der Waals surface area contributed by atoms with Gasteiger partial charge in [0.1, 0.15) is 24.1 Å². The van der Waals surface area contributed by atoms with Gasteiger partial charge in [-0.2, -0.15) is 0 Å². The van der Waals surface area contributed by atoms with Crippen LogP contribution in [0.2, 0.25) is 10.0 Å². The highest BCUT2D eigenvalue weighted by atomic mass is 35.5. The largest absolute Gasteiger partial charge is 0.481 e. The van der Waals surface area contributed by atoms with Crippen molar-refractivity contribution in [1.82, 2.24) is 15.6 Å². The smallest absolute Gasteiger partial charge is 0.305 e. The number of anilines is 2. The number of nitrogens with zero attached hydrogens (tertiary/aromatic N) is 3. The van der Waals surface area contributed by atoms with Crippen LogP contribution < -0.4 is 20.4 Å². The highest BCUT2D eigenvalue weighted by Crippen LogP contribution is 2.34. The number of amides is 4. The number of ketones is 1. The molecule has 0 spiro atoms.